The summed E-state index contributed by atoms with van der Waals surface area (Å²) in [5, 5.41) is 3.69. The van der Waals surface area contributed by atoms with Gasteiger partial charge in [-0.1, -0.05) is 13.8 Å². The van der Waals surface area contributed by atoms with E-state index in [0.717, 1.165) is 25.4 Å². The molecule has 3 heteroatoms. The van der Waals surface area contributed by atoms with Crippen LogP contribution in [0.5, 0.6) is 5.75 Å². The van der Waals surface area contributed by atoms with Crippen LogP contribution in [0.15, 0.2) is 24.3 Å². The van der Waals surface area contributed by atoms with Crippen LogP contribution in [-0.4, -0.2) is 31.8 Å². The van der Waals surface area contributed by atoms with Crippen LogP contribution < -0.4 is 15.0 Å². The maximum absolute atomic E-state index is 5.54. The Bertz CT molecular complexity index is 455. The number of fused-ring (bicyclic) bond motifs is 4. The molecule has 2 atom stereocenters. The zero-order valence-electron chi connectivity index (χ0n) is 12.9. The first-order valence-electron chi connectivity index (χ1n) is 7.83. The van der Waals surface area contributed by atoms with Crippen molar-refractivity contribution in [2.45, 2.75) is 45.7 Å². The van der Waals surface area contributed by atoms with Gasteiger partial charge in [-0.2, -0.15) is 0 Å². The topological polar surface area (TPSA) is 24.5 Å². The van der Waals surface area contributed by atoms with Crippen molar-refractivity contribution in [2.75, 3.05) is 24.6 Å². The summed E-state index contributed by atoms with van der Waals surface area (Å²) in [6.07, 6.45) is 2.52. The van der Waals surface area contributed by atoms with Crippen molar-refractivity contribution < 1.29 is 4.74 Å². The highest BCUT2D eigenvalue weighted by Gasteiger charge is 2.43. The van der Waals surface area contributed by atoms with Gasteiger partial charge in [-0.3, -0.25) is 0 Å². The fraction of sp³-hybridized carbons (Fsp3) is 0.647. The third-order valence-corrected chi connectivity index (χ3v) is 4.80. The van der Waals surface area contributed by atoms with Gasteiger partial charge in [0.15, 0.2) is 0 Å². The molecule has 0 spiro atoms. The van der Waals surface area contributed by atoms with Crippen molar-refractivity contribution in [3.8, 4) is 5.75 Å². The summed E-state index contributed by atoms with van der Waals surface area (Å²) in [6.45, 7) is 9.85. The smallest absolute Gasteiger partial charge is 0.119 e. The highest BCUT2D eigenvalue weighted by Crippen LogP contribution is 2.41. The molecule has 0 aliphatic carbocycles. The van der Waals surface area contributed by atoms with Gasteiger partial charge < -0.3 is 15.0 Å². The van der Waals surface area contributed by atoms with Crippen molar-refractivity contribution in [1.82, 2.24) is 5.32 Å². The Morgan fingerprint density at radius 2 is 2.05 bits per heavy atom. The highest BCUT2D eigenvalue weighted by molar-refractivity contribution is 5.51. The van der Waals surface area contributed by atoms with E-state index in [2.05, 4.69) is 48.3 Å². The molecule has 1 unspecified atom stereocenters. The zero-order valence-corrected chi connectivity index (χ0v) is 12.9. The minimum Gasteiger partial charge on any atom is -0.494 e. The quantitative estimate of drug-likeness (QED) is 0.917. The first-order valence-corrected chi connectivity index (χ1v) is 7.83. The van der Waals surface area contributed by atoms with Gasteiger partial charge in [0.1, 0.15) is 5.75 Å². The Morgan fingerprint density at radius 1 is 1.30 bits per heavy atom. The molecule has 3 aliphatic rings. The van der Waals surface area contributed by atoms with Crippen LogP contribution in [0.4, 0.5) is 5.69 Å². The number of piperidine rings is 1. The van der Waals surface area contributed by atoms with Crippen LogP contribution in [0.2, 0.25) is 0 Å². The summed E-state index contributed by atoms with van der Waals surface area (Å²) >= 11 is 0. The lowest BCUT2D eigenvalue weighted by atomic mass is 9.74. The van der Waals surface area contributed by atoms with Crippen molar-refractivity contribution in [1.29, 1.82) is 0 Å². The molecule has 20 heavy (non-hydrogen) atoms. The second kappa shape index (κ2) is 5.28. The lowest BCUT2D eigenvalue weighted by Crippen LogP contribution is -2.54. The van der Waals surface area contributed by atoms with Crippen LogP contribution >= 0.6 is 0 Å². The number of nitrogens with one attached hydrogen (secondary N) is 1. The number of ether oxygens (including phenoxy) is 1. The summed E-state index contributed by atoms with van der Waals surface area (Å²) in [5.41, 5.74) is 1.71. The fourth-order valence-corrected chi connectivity index (χ4v) is 3.92. The van der Waals surface area contributed by atoms with E-state index in [1.165, 1.54) is 18.5 Å². The molecule has 3 nitrogen and oxygen atoms in total. The van der Waals surface area contributed by atoms with Gasteiger partial charge >= 0.3 is 0 Å². The Hall–Kier alpha value is -1.22. The van der Waals surface area contributed by atoms with Crippen LogP contribution in [0.25, 0.3) is 0 Å². The number of anilines is 1. The molecule has 0 aromatic heterocycles. The molecule has 3 saturated heterocycles. The minimum absolute atomic E-state index is 0.380. The van der Waals surface area contributed by atoms with E-state index in [-0.39, 0.29) is 0 Å². The number of hydrogen-bond acceptors (Lipinski definition) is 3. The maximum Gasteiger partial charge on any atom is 0.119 e. The van der Waals surface area contributed by atoms with Gasteiger partial charge in [0, 0.05) is 24.3 Å². The SMILES string of the molecule is CCOc1ccc(N2C[C@@H]3CC(C)(C)C2CCN3)cc1. The lowest BCUT2D eigenvalue weighted by molar-refractivity contribution is 0.204. The van der Waals surface area contributed by atoms with Gasteiger partial charge in [-0.15, -0.1) is 0 Å². The molecule has 0 amide bonds. The maximum atomic E-state index is 5.54. The van der Waals surface area contributed by atoms with Gasteiger partial charge in [0.2, 0.25) is 0 Å². The van der Waals surface area contributed by atoms with Gasteiger partial charge in [-0.05, 0) is 56.0 Å². The number of rotatable bonds is 3. The van der Waals surface area contributed by atoms with E-state index >= 15 is 0 Å². The molecule has 110 valence electrons. The molecule has 4 rings (SSSR count). The van der Waals surface area contributed by atoms with Crippen molar-refractivity contribution >= 4 is 5.69 Å². The number of benzene rings is 1. The lowest BCUT2D eigenvalue weighted by Gasteiger charge is -2.48. The van der Waals surface area contributed by atoms with Crippen molar-refractivity contribution in [3.05, 3.63) is 24.3 Å². The third-order valence-electron chi connectivity index (χ3n) is 4.80. The molecule has 3 fully saturated rings. The first-order chi connectivity index (χ1) is 9.60. The zero-order chi connectivity index (χ0) is 14.2. The predicted octanol–water partition coefficient (Wildman–Crippen LogP) is 3.05. The predicted molar refractivity (Wildman–Crippen MR) is 83.6 cm³/mol. The van der Waals surface area contributed by atoms with E-state index in [1.54, 1.807) is 0 Å². The van der Waals surface area contributed by atoms with Crippen molar-refractivity contribution in [3.63, 3.8) is 0 Å². The van der Waals surface area contributed by atoms with E-state index in [4.69, 9.17) is 4.74 Å². The summed E-state index contributed by atoms with van der Waals surface area (Å²) in [5.74, 6) is 0.966. The normalized spacial score (nSPS) is 28.2. The Labute approximate surface area is 122 Å². The van der Waals surface area contributed by atoms with Crippen LogP contribution in [0.3, 0.4) is 0 Å². The first kappa shape index (κ1) is 13.7. The summed E-state index contributed by atoms with van der Waals surface area (Å²) in [7, 11) is 0. The Kier molecular flexibility index (Phi) is 3.63. The molecule has 3 heterocycles. The number of hydrogen-bond donors (Lipinski definition) is 1. The molecule has 1 N–H and O–H groups in total. The second-order valence-corrected chi connectivity index (χ2v) is 6.73. The molecule has 1 aromatic rings. The van der Waals surface area contributed by atoms with Gasteiger partial charge in [0.25, 0.3) is 0 Å². The fourth-order valence-electron chi connectivity index (χ4n) is 3.92. The van der Waals surface area contributed by atoms with E-state index in [0.29, 0.717) is 17.5 Å². The van der Waals surface area contributed by atoms with Crippen LogP contribution in [0, 0.1) is 5.41 Å². The third kappa shape index (κ3) is 2.51. The van der Waals surface area contributed by atoms with E-state index < -0.39 is 0 Å². The second-order valence-electron chi connectivity index (χ2n) is 6.73. The summed E-state index contributed by atoms with van der Waals surface area (Å²) in [4.78, 5) is 2.60. The molecular weight excluding hydrogens is 248 g/mol. The van der Waals surface area contributed by atoms with E-state index in [1.807, 2.05) is 6.92 Å². The highest BCUT2D eigenvalue weighted by atomic mass is 16.5. The monoisotopic (exact) mass is 274 g/mol. The molecule has 3 aliphatic heterocycles. The molecule has 0 saturated carbocycles. The van der Waals surface area contributed by atoms with Crippen molar-refractivity contribution in [2.24, 2.45) is 5.41 Å². The summed E-state index contributed by atoms with van der Waals surface area (Å²) in [6, 6.07) is 9.86. The van der Waals surface area contributed by atoms with Crippen LogP contribution in [0.1, 0.15) is 33.6 Å². The average molecular weight is 274 g/mol. The Balaban J connectivity index is 1.85. The van der Waals surface area contributed by atoms with Gasteiger partial charge in [0.05, 0.1) is 6.61 Å². The minimum atomic E-state index is 0.380. The average Bonchev–Trinajstić information content (AvgIpc) is 2.70. The van der Waals surface area contributed by atoms with Crippen LogP contribution in [-0.2, 0) is 0 Å². The van der Waals surface area contributed by atoms with E-state index in [9.17, 15) is 0 Å². The molecule has 1 aromatic carbocycles. The molecular formula is C17H26N2O. The molecule has 2 bridgehead atoms. The van der Waals surface area contributed by atoms with Gasteiger partial charge in [-0.25, -0.2) is 0 Å². The Morgan fingerprint density at radius 3 is 2.75 bits per heavy atom. The largest absolute Gasteiger partial charge is 0.494 e. The standard InChI is InChI=1S/C17H26N2O/c1-4-20-15-7-5-14(6-8-15)19-12-13-11-17(2,3)16(19)9-10-18-13/h5-8,13,16,18H,4,9-12H2,1-3H3/t13-,16?/m0/s1. The number of nitrogens with zero attached hydrogens (tertiary/aromatic N) is 1. The summed E-state index contributed by atoms with van der Waals surface area (Å²) < 4.78 is 5.54. The molecule has 0 radical (unpaired) electrons.